The highest BCUT2D eigenvalue weighted by molar-refractivity contribution is 6.17. The fourth-order valence-electron chi connectivity index (χ4n) is 1.20. The van der Waals surface area contributed by atoms with E-state index in [0.717, 1.165) is 13.0 Å². The van der Waals surface area contributed by atoms with Crippen molar-refractivity contribution in [3.63, 3.8) is 0 Å². The number of anilines is 1. The minimum absolute atomic E-state index is 0.537. The molecule has 1 aromatic rings. The van der Waals surface area contributed by atoms with Crippen molar-refractivity contribution < 1.29 is 9.47 Å². The first-order valence-corrected chi connectivity index (χ1v) is 6.22. The minimum Gasteiger partial charge on any atom is -0.477 e. The van der Waals surface area contributed by atoms with Crippen molar-refractivity contribution in [1.82, 2.24) is 9.97 Å². The molecule has 5 nitrogen and oxygen atoms in total. The van der Waals surface area contributed by atoms with Crippen LogP contribution < -0.4 is 10.1 Å². The molecular weight excluding hydrogens is 242 g/mol. The first-order chi connectivity index (χ1) is 8.36. The summed E-state index contributed by atoms with van der Waals surface area (Å²) in [4.78, 5) is 8.27. The molecule has 6 heteroatoms. The minimum atomic E-state index is 0.537. The number of alkyl halides is 1. The number of rotatable bonds is 9. The molecule has 0 radical (unpaired) electrons. The summed E-state index contributed by atoms with van der Waals surface area (Å²) in [5.41, 5.74) is 0. The number of hydrogen-bond donors (Lipinski definition) is 1. The van der Waals surface area contributed by atoms with E-state index < -0.39 is 0 Å². The second-order valence-electron chi connectivity index (χ2n) is 3.26. The van der Waals surface area contributed by atoms with E-state index in [9.17, 15) is 0 Å². The zero-order valence-electron chi connectivity index (χ0n) is 9.99. The predicted molar refractivity (Wildman–Crippen MR) is 67.8 cm³/mol. The van der Waals surface area contributed by atoms with Gasteiger partial charge in [0.15, 0.2) is 0 Å². The van der Waals surface area contributed by atoms with Gasteiger partial charge in [-0.1, -0.05) is 0 Å². The van der Waals surface area contributed by atoms with Gasteiger partial charge in [-0.05, 0) is 13.3 Å². The molecule has 96 valence electrons. The molecule has 0 saturated carbocycles. The van der Waals surface area contributed by atoms with Crippen molar-refractivity contribution >= 4 is 17.4 Å². The van der Waals surface area contributed by atoms with E-state index in [1.54, 1.807) is 12.4 Å². The largest absolute Gasteiger partial charge is 0.477 e. The van der Waals surface area contributed by atoms with Gasteiger partial charge in [0.2, 0.25) is 5.88 Å². The van der Waals surface area contributed by atoms with Gasteiger partial charge >= 0.3 is 0 Å². The average Bonchev–Trinajstić information content (AvgIpc) is 2.35. The van der Waals surface area contributed by atoms with Crippen molar-refractivity contribution in [2.45, 2.75) is 13.3 Å². The maximum Gasteiger partial charge on any atom is 0.234 e. The van der Waals surface area contributed by atoms with Crippen LogP contribution in [0.1, 0.15) is 13.3 Å². The predicted octanol–water partition coefficient (Wildman–Crippen LogP) is 1.93. The number of halogens is 1. The molecule has 0 saturated heterocycles. The summed E-state index contributed by atoms with van der Waals surface area (Å²) in [6.45, 7) is 4.58. The van der Waals surface area contributed by atoms with E-state index in [4.69, 9.17) is 21.1 Å². The molecule has 0 amide bonds. The van der Waals surface area contributed by atoms with Crippen molar-refractivity contribution in [3.05, 3.63) is 12.4 Å². The highest BCUT2D eigenvalue weighted by Crippen LogP contribution is 2.08. The Morgan fingerprint density at radius 1 is 1.35 bits per heavy atom. The lowest BCUT2D eigenvalue weighted by molar-refractivity contribution is 0.149. The van der Waals surface area contributed by atoms with E-state index in [1.165, 1.54) is 0 Å². The van der Waals surface area contributed by atoms with Crippen LogP contribution in [0.15, 0.2) is 12.4 Å². The third kappa shape index (κ3) is 6.28. The topological polar surface area (TPSA) is 56.3 Å². The maximum atomic E-state index is 5.48. The third-order valence-electron chi connectivity index (χ3n) is 1.90. The Bertz CT molecular complexity index is 313. The van der Waals surface area contributed by atoms with Crippen LogP contribution in [-0.4, -0.2) is 42.2 Å². The van der Waals surface area contributed by atoms with Crippen molar-refractivity contribution in [1.29, 1.82) is 0 Å². The van der Waals surface area contributed by atoms with Gasteiger partial charge in [-0.15, -0.1) is 11.6 Å². The van der Waals surface area contributed by atoms with Crippen molar-refractivity contribution in [2.75, 3.05) is 37.6 Å². The van der Waals surface area contributed by atoms with Gasteiger partial charge in [-0.25, -0.2) is 0 Å². The molecule has 1 aromatic heterocycles. The number of nitrogens with one attached hydrogen (secondary N) is 1. The Labute approximate surface area is 107 Å². The summed E-state index contributed by atoms with van der Waals surface area (Å²) in [7, 11) is 0. The molecule has 0 fully saturated rings. The van der Waals surface area contributed by atoms with Crippen LogP contribution in [0.4, 0.5) is 5.82 Å². The summed E-state index contributed by atoms with van der Waals surface area (Å²) < 4.78 is 10.5. The molecule has 0 aliphatic rings. The number of ether oxygens (including phenoxy) is 2. The quantitative estimate of drug-likeness (QED) is 0.543. The summed E-state index contributed by atoms with van der Waals surface area (Å²) >= 11 is 5.48. The molecule has 0 aliphatic heterocycles. The van der Waals surface area contributed by atoms with Crippen LogP contribution in [0.3, 0.4) is 0 Å². The van der Waals surface area contributed by atoms with E-state index in [-0.39, 0.29) is 0 Å². The maximum absolute atomic E-state index is 5.48. The molecule has 1 rings (SSSR count). The standard InChI is InChI=1S/C11H18ClN3O2/c1-2-17-11-9-13-8-10(15-11)14-5-3-6-16-7-4-12/h8-9H,2-7H2,1H3,(H,14,15). The van der Waals surface area contributed by atoms with Gasteiger partial charge in [0, 0.05) is 19.0 Å². The Hall–Kier alpha value is -1.07. The zero-order chi connectivity index (χ0) is 12.3. The van der Waals surface area contributed by atoms with Crippen LogP contribution >= 0.6 is 11.6 Å². The van der Waals surface area contributed by atoms with E-state index in [1.807, 2.05) is 6.92 Å². The fraction of sp³-hybridized carbons (Fsp3) is 0.636. The number of aromatic nitrogens is 2. The summed E-state index contributed by atoms with van der Waals surface area (Å²) in [6, 6.07) is 0. The van der Waals surface area contributed by atoms with Crippen molar-refractivity contribution in [3.8, 4) is 5.88 Å². The first kappa shape index (κ1) is 14.0. The van der Waals surface area contributed by atoms with E-state index >= 15 is 0 Å². The molecule has 0 unspecified atom stereocenters. The molecule has 0 bridgehead atoms. The van der Waals surface area contributed by atoms with Gasteiger partial charge in [0.1, 0.15) is 5.82 Å². The second-order valence-corrected chi connectivity index (χ2v) is 3.64. The molecule has 1 N–H and O–H groups in total. The smallest absolute Gasteiger partial charge is 0.234 e. The van der Waals surface area contributed by atoms with Gasteiger partial charge in [0.05, 0.1) is 25.6 Å². The lowest BCUT2D eigenvalue weighted by Gasteiger charge is -2.07. The first-order valence-electron chi connectivity index (χ1n) is 5.69. The Morgan fingerprint density at radius 3 is 3.00 bits per heavy atom. The molecular formula is C11H18ClN3O2. The lowest BCUT2D eigenvalue weighted by atomic mass is 10.4. The Balaban J connectivity index is 2.19. The van der Waals surface area contributed by atoms with Crippen LogP contribution in [0.2, 0.25) is 0 Å². The molecule has 1 heterocycles. The van der Waals surface area contributed by atoms with Gasteiger partial charge in [0.25, 0.3) is 0 Å². The second kappa shape index (κ2) is 9.01. The van der Waals surface area contributed by atoms with E-state index in [2.05, 4.69) is 15.3 Å². The molecule has 0 atom stereocenters. The summed E-state index contributed by atoms with van der Waals surface area (Å²) in [6.07, 6.45) is 4.16. The van der Waals surface area contributed by atoms with Crippen LogP contribution in [0.25, 0.3) is 0 Å². The molecule has 0 aliphatic carbocycles. The lowest BCUT2D eigenvalue weighted by Crippen LogP contribution is -2.08. The molecule has 0 spiro atoms. The zero-order valence-corrected chi connectivity index (χ0v) is 10.7. The third-order valence-corrected chi connectivity index (χ3v) is 2.05. The molecule has 0 aromatic carbocycles. The Morgan fingerprint density at radius 2 is 2.24 bits per heavy atom. The number of hydrogen-bond acceptors (Lipinski definition) is 5. The van der Waals surface area contributed by atoms with Crippen LogP contribution in [0.5, 0.6) is 5.88 Å². The highest BCUT2D eigenvalue weighted by Gasteiger charge is 1.98. The normalized spacial score (nSPS) is 10.2. The van der Waals surface area contributed by atoms with E-state index in [0.29, 0.717) is 37.4 Å². The van der Waals surface area contributed by atoms with Crippen molar-refractivity contribution in [2.24, 2.45) is 0 Å². The average molecular weight is 260 g/mol. The van der Waals surface area contributed by atoms with Gasteiger partial charge < -0.3 is 14.8 Å². The van der Waals surface area contributed by atoms with Crippen LogP contribution in [-0.2, 0) is 4.74 Å². The van der Waals surface area contributed by atoms with Gasteiger partial charge in [-0.2, -0.15) is 4.98 Å². The molecule has 17 heavy (non-hydrogen) atoms. The fourth-order valence-corrected chi connectivity index (χ4v) is 1.31. The SMILES string of the molecule is CCOc1cncc(NCCCOCCCl)n1. The van der Waals surface area contributed by atoms with Crippen LogP contribution in [0, 0.1) is 0 Å². The Kier molecular flexibility index (Phi) is 7.42. The number of nitrogens with zero attached hydrogens (tertiary/aromatic N) is 2. The highest BCUT2D eigenvalue weighted by atomic mass is 35.5. The monoisotopic (exact) mass is 259 g/mol. The van der Waals surface area contributed by atoms with Gasteiger partial charge in [-0.3, -0.25) is 4.98 Å². The summed E-state index contributed by atoms with van der Waals surface area (Å²) in [5.74, 6) is 1.79. The summed E-state index contributed by atoms with van der Waals surface area (Å²) in [5, 5.41) is 3.15.